The Bertz CT molecular complexity index is 5220. The Balaban J connectivity index is 0.963. The van der Waals surface area contributed by atoms with Crippen LogP contribution in [-0.4, -0.2) is 9.13 Å². The van der Waals surface area contributed by atoms with E-state index in [0.29, 0.717) is 0 Å². The van der Waals surface area contributed by atoms with E-state index in [9.17, 15) is 0 Å². The van der Waals surface area contributed by atoms with Crippen LogP contribution < -0.4 is 0 Å². The number of rotatable bonds is 10. The molecule has 3 nitrogen and oxygen atoms in total. The quantitative estimate of drug-likeness (QED) is 0.134. The van der Waals surface area contributed by atoms with Crippen LogP contribution in [0.2, 0.25) is 0 Å². The predicted octanol–water partition coefficient (Wildman–Crippen LogP) is 23.1. The van der Waals surface area contributed by atoms with Gasteiger partial charge in [0.2, 0.25) is 0 Å². The summed E-state index contributed by atoms with van der Waals surface area (Å²) in [6, 6.07) is 120. The van der Waals surface area contributed by atoms with Gasteiger partial charge in [0.1, 0.15) is 11.2 Å². The Morgan fingerprint density at radius 3 is 0.759 bits per heavy atom. The minimum Gasteiger partial charge on any atom is -0.456 e. The van der Waals surface area contributed by atoms with E-state index in [-0.39, 0.29) is 0 Å². The third kappa shape index (κ3) is 8.43. The van der Waals surface area contributed by atoms with Crippen LogP contribution in [0.25, 0.3) is 166 Å². The third-order valence-electron chi connectivity index (χ3n) is 17.8. The van der Waals surface area contributed by atoms with E-state index < -0.39 is 0 Å². The van der Waals surface area contributed by atoms with Gasteiger partial charge in [0.25, 0.3) is 0 Å². The highest BCUT2D eigenvalue weighted by atomic mass is 16.3. The van der Waals surface area contributed by atoms with E-state index in [1.54, 1.807) is 0 Å². The van der Waals surface area contributed by atoms with Crippen LogP contribution in [0.5, 0.6) is 0 Å². The van der Waals surface area contributed by atoms with Crippen molar-refractivity contribution in [2.75, 3.05) is 0 Å². The number of benzene rings is 14. The van der Waals surface area contributed by atoms with Crippen LogP contribution >= 0.6 is 0 Å². The molecular weight excluding hydrogens is 1050 g/mol. The molecule has 0 spiro atoms. The molecule has 3 aromatic heterocycles. The largest absolute Gasteiger partial charge is 0.456 e. The van der Waals surface area contributed by atoms with Crippen LogP contribution in [0, 0.1) is 0 Å². The zero-order valence-electron chi connectivity index (χ0n) is 47.5. The molecule has 87 heavy (non-hydrogen) atoms. The lowest BCUT2D eigenvalue weighted by Gasteiger charge is -2.18. The molecular formula is C84H54N2O. The lowest BCUT2D eigenvalue weighted by atomic mass is 9.92. The standard InChI is InChI=1S/C84H54N2O/c1-5-23-55(24-6-1)63-31-13-17-35-67(63)59-41-45-77-72(49-59)73-50-60(68-36-18-14-32-64(68)56-25-7-2-8-26-56)42-46-78(73)85(77)81-53-76-71-39-21-22-40-83(71)87-84(76)54-82(81)86-79-47-43-61(69-37-19-15-33-65(69)57-27-9-3-10-28-57)51-74(79)75-52-62(44-48-80(75)86)70-38-20-16-34-66(70)58-29-11-4-12-30-58/h1-54H. The van der Waals surface area contributed by atoms with Crippen molar-refractivity contribution in [2.45, 2.75) is 0 Å². The van der Waals surface area contributed by atoms with Crippen molar-refractivity contribution >= 4 is 65.6 Å². The Labute approximate surface area is 504 Å². The molecule has 0 atom stereocenters. The first-order valence-electron chi connectivity index (χ1n) is 29.9. The number of nitrogens with zero attached hydrogens (tertiary/aromatic N) is 2. The van der Waals surface area contributed by atoms with E-state index in [1.807, 2.05) is 0 Å². The van der Waals surface area contributed by atoms with Crippen LogP contribution in [0.15, 0.2) is 332 Å². The molecule has 0 aliphatic heterocycles. The van der Waals surface area contributed by atoms with Crippen molar-refractivity contribution in [2.24, 2.45) is 0 Å². The van der Waals surface area contributed by atoms with Gasteiger partial charge in [-0.2, -0.15) is 0 Å². The number of para-hydroxylation sites is 1. The first-order valence-corrected chi connectivity index (χ1v) is 29.9. The summed E-state index contributed by atoms with van der Waals surface area (Å²) in [5.41, 5.74) is 27.0. The maximum absolute atomic E-state index is 6.93. The molecule has 14 aromatic carbocycles. The summed E-state index contributed by atoms with van der Waals surface area (Å²) >= 11 is 0. The second-order valence-corrected chi connectivity index (χ2v) is 22.7. The fourth-order valence-corrected chi connectivity index (χ4v) is 13.8. The van der Waals surface area contributed by atoms with Crippen LogP contribution in [0.1, 0.15) is 0 Å². The van der Waals surface area contributed by atoms with Crippen molar-refractivity contribution < 1.29 is 4.42 Å². The summed E-state index contributed by atoms with van der Waals surface area (Å²) in [5.74, 6) is 0. The zero-order valence-corrected chi connectivity index (χ0v) is 47.5. The van der Waals surface area contributed by atoms with Gasteiger partial charge in [0.05, 0.1) is 33.4 Å². The van der Waals surface area contributed by atoms with Gasteiger partial charge in [-0.25, -0.2) is 0 Å². The second kappa shape index (κ2) is 20.7. The number of hydrogen-bond acceptors (Lipinski definition) is 1. The van der Waals surface area contributed by atoms with Gasteiger partial charge in [-0.1, -0.05) is 261 Å². The van der Waals surface area contributed by atoms with Crippen LogP contribution in [0.4, 0.5) is 0 Å². The number of furan rings is 1. The van der Waals surface area contributed by atoms with Gasteiger partial charge in [0, 0.05) is 38.4 Å². The molecule has 0 fully saturated rings. The van der Waals surface area contributed by atoms with E-state index in [1.165, 1.54) is 66.8 Å². The molecule has 0 saturated carbocycles. The predicted molar refractivity (Wildman–Crippen MR) is 366 cm³/mol. The first kappa shape index (κ1) is 50.0. The van der Waals surface area contributed by atoms with E-state index in [4.69, 9.17) is 4.42 Å². The Morgan fingerprint density at radius 1 is 0.172 bits per heavy atom. The molecule has 0 amide bonds. The maximum Gasteiger partial charge on any atom is 0.137 e. The normalized spacial score (nSPS) is 11.7. The topological polar surface area (TPSA) is 23.0 Å². The van der Waals surface area contributed by atoms with Crippen molar-refractivity contribution in [1.82, 2.24) is 9.13 Å². The molecule has 17 rings (SSSR count). The van der Waals surface area contributed by atoms with Gasteiger partial charge in [-0.05, 0) is 150 Å². The van der Waals surface area contributed by atoms with Gasteiger partial charge in [0.15, 0.2) is 0 Å². The van der Waals surface area contributed by atoms with Crippen LogP contribution in [0.3, 0.4) is 0 Å². The SMILES string of the molecule is c1ccc(-c2ccccc2-c2ccc3c(c2)c2cc(-c4ccccc4-c4ccccc4)ccc2n3-c2cc3oc4ccccc4c3cc2-n2c3ccc(-c4ccccc4-c4ccccc4)cc3c3cc(-c4ccccc4-c4ccccc4)ccc32)cc1. The van der Waals surface area contributed by atoms with Gasteiger partial charge < -0.3 is 13.6 Å². The average Bonchev–Trinajstić information content (AvgIpc) is 1.75. The summed E-state index contributed by atoms with van der Waals surface area (Å²) < 4.78 is 11.9. The molecule has 0 saturated heterocycles. The van der Waals surface area contributed by atoms with Crippen molar-refractivity contribution in [3.05, 3.63) is 328 Å². The number of aromatic nitrogens is 2. The highest BCUT2D eigenvalue weighted by Gasteiger charge is 2.25. The molecule has 3 heterocycles. The van der Waals surface area contributed by atoms with Crippen LogP contribution in [-0.2, 0) is 0 Å². The van der Waals surface area contributed by atoms with Crippen molar-refractivity contribution in [3.8, 4) is 100 Å². The van der Waals surface area contributed by atoms with Gasteiger partial charge in [-0.3, -0.25) is 0 Å². The lowest BCUT2D eigenvalue weighted by molar-refractivity contribution is 0.668. The maximum atomic E-state index is 6.93. The van der Waals surface area contributed by atoms with Gasteiger partial charge in [-0.15, -0.1) is 0 Å². The summed E-state index contributed by atoms with van der Waals surface area (Å²) in [5, 5.41) is 6.78. The molecule has 0 aliphatic carbocycles. The molecule has 3 heteroatoms. The second-order valence-electron chi connectivity index (χ2n) is 22.7. The molecule has 17 aromatic rings. The summed E-state index contributed by atoms with van der Waals surface area (Å²) in [6.45, 7) is 0. The van der Waals surface area contributed by atoms with Gasteiger partial charge >= 0.3 is 0 Å². The lowest BCUT2D eigenvalue weighted by Crippen LogP contribution is -2.03. The minimum absolute atomic E-state index is 0.826. The van der Waals surface area contributed by atoms with Crippen molar-refractivity contribution in [3.63, 3.8) is 0 Å². The number of fused-ring (bicyclic) bond motifs is 9. The molecule has 0 bridgehead atoms. The zero-order chi connectivity index (χ0) is 57.4. The molecule has 0 N–H and O–H groups in total. The molecule has 0 radical (unpaired) electrons. The summed E-state index contributed by atoms with van der Waals surface area (Å²) in [4.78, 5) is 0. The minimum atomic E-state index is 0.826. The van der Waals surface area contributed by atoms with E-state index in [2.05, 4.69) is 337 Å². The highest BCUT2D eigenvalue weighted by molar-refractivity contribution is 6.16. The Kier molecular flexibility index (Phi) is 11.9. The van der Waals surface area contributed by atoms with Crippen molar-refractivity contribution in [1.29, 1.82) is 0 Å². The Hall–Kier alpha value is -11.5. The fraction of sp³-hybridized carbons (Fsp3) is 0. The molecule has 406 valence electrons. The fourth-order valence-electron chi connectivity index (χ4n) is 13.8. The summed E-state index contributed by atoms with van der Waals surface area (Å²) in [6.07, 6.45) is 0. The summed E-state index contributed by atoms with van der Waals surface area (Å²) in [7, 11) is 0. The Morgan fingerprint density at radius 2 is 0.437 bits per heavy atom. The third-order valence-corrected chi connectivity index (χ3v) is 17.8. The van der Waals surface area contributed by atoms with E-state index >= 15 is 0 Å². The molecule has 0 unspecified atom stereocenters. The number of hydrogen-bond donors (Lipinski definition) is 0. The molecule has 0 aliphatic rings. The monoisotopic (exact) mass is 1110 g/mol. The first-order chi connectivity index (χ1) is 43.2. The smallest absolute Gasteiger partial charge is 0.137 e. The van der Waals surface area contributed by atoms with E-state index in [0.717, 1.165) is 99.2 Å². The highest BCUT2D eigenvalue weighted by Crippen LogP contribution is 2.47. The average molecular weight is 1110 g/mol.